The molecule has 1 atom stereocenters. The summed E-state index contributed by atoms with van der Waals surface area (Å²) in [4.78, 5) is 0. The summed E-state index contributed by atoms with van der Waals surface area (Å²) in [5.74, 6) is 0. The van der Waals surface area contributed by atoms with Crippen molar-refractivity contribution in [3.05, 3.63) is 28.2 Å². The van der Waals surface area contributed by atoms with Gasteiger partial charge in [0.15, 0.2) is 0 Å². The van der Waals surface area contributed by atoms with Gasteiger partial charge in [0.05, 0.1) is 11.3 Å². The van der Waals surface area contributed by atoms with Crippen molar-refractivity contribution in [1.82, 2.24) is 0 Å². The molecule has 0 aliphatic rings. The predicted molar refractivity (Wildman–Crippen MR) is 76.1 cm³/mol. The van der Waals surface area contributed by atoms with E-state index in [2.05, 4.69) is 41.2 Å². The van der Waals surface area contributed by atoms with Crippen LogP contribution in [0.25, 0.3) is 0 Å². The molecular formula is C14H19BrN2. The van der Waals surface area contributed by atoms with Crippen LogP contribution < -0.4 is 5.32 Å². The van der Waals surface area contributed by atoms with Gasteiger partial charge in [0.25, 0.3) is 0 Å². The summed E-state index contributed by atoms with van der Waals surface area (Å²) in [6.07, 6.45) is 4.90. The fraction of sp³-hybridized carbons (Fsp3) is 0.500. The highest BCUT2D eigenvalue weighted by Crippen LogP contribution is 2.24. The van der Waals surface area contributed by atoms with Crippen molar-refractivity contribution < 1.29 is 0 Å². The molecule has 0 aliphatic heterocycles. The first kappa shape index (κ1) is 14.1. The molecule has 0 aliphatic carbocycles. The topological polar surface area (TPSA) is 35.8 Å². The number of hydrogen-bond donors (Lipinski definition) is 1. The summed E-state index contributed by atoms with van der Waals surface area (Å²) in [6.45, 7) is 4.37. The van der Waals surface area contributed by atoms with Gasteiger partial charge < -0.3 is 5.32 Å². The predicted octanol–water partition coefficient (Wildman–Crippen LogP) is 4.70. The van der Waals surface area contributed by atoms with E-state index < -0.39 is 0 Å². The van der Waals surface area contributed by atoms with Gasteiger partial charge in [-0.05, 0) is 41.4 Å². The minimum Gasteiger partial charge on any atom is -0.381 e. The van der Waals surface area contributed by atoms with Crippen molar-refractivity contribution in [1.29, 1.82) is 5.26 Å². The first-order valence-corrected chi connectivity index (χ1v) is 6.93. The Kier molecular flexibility index (Phi) is 6.07. The Balaban J connectivity index is 2.62. The zero-order valence-electron chi connectivity index (χ0n) is 10.5. The van der Waals surface area contributed by atoms with Crippen LogP contribution in [0.1, 0.15) is 45.1 Å². The number of nitrogens with zero attached hydrogens (tertiary/aromatic N) is 1. The summed E-state index contributed by atoms with van der Waals surface area (Å²) >= 11 is 3.40. The fourth-order valence-electron chi connectivity index (χ4n) is 1.80. The molecule has 92 valence electrons. The minimum atomic E-state index is 0.406. The molecule has 1 aromatic rings. The van der Waals surface area contributed by atoms with Gasteiger partial charge in [0.2, 0.25) is 0 Å². The number of rotatable bonds is 6. The first-order valence-electron chi connectivity index (χ1n) is 6.14. The Morgan fingerprint density at radius 2 is 2.18 bits per heavy atom. The molecule has 17 heavy (non-hydrogen) atoms. The Hall–Kier alpha value is -1.01. The average Bonchev–Trinajstić information content (AvgIpc) is 2.29. The van der Waals surface area contributed by atoms with Gasteiger partial charge >= 0.3 is 0 Å². The average molecular weight is 295 g/mol. The summed E-state index contributed by atoms with van der Waals surface area (Å²) in [5, 5.41) is 12.5. The Bertz CT molecular complexity index is 396. The maximum Gasteiger partial charge on any atom is 0.103 e. The highest BCUT2D eigenvalue weighted by molar-refractivity contribution is 9.10. The second-order valence-corrected chi connectivity index (χ2v) is 5.17. The molecule has 1 N–H and O–H groups in total. The van der Waals surface area contributed by atoms with Crippen molar-refractivity contribution >= 4 is 21.6 Å². The number of nitriles is 1. The van der Waals surface area contributed by atoms with Crippen molar-refractivity contribution in [2.75, 3.05) is 5.32 Å². The van der Waals surface area contributed by atoms with Gasteiger partial charge in [-0.1, -0.05) is 32.3 Å². The van der Waals surface area contributed by atoms with Crippen molar-refractivity contribution in [2.45, 2.75) is 45.6 Å². The third-order valence-corrected chi connectivity index (χ3v) is 3.43. The molecule has 3 heteroatoms. The van der Waals surface area contributed by atoms with Crippen molar-refractivity contribution in [2.24, 2.45) is 0 Å². The maximum absolute atomic E-state index is 9.11. The van der Waals surface area contributed by atoms with E-state index in [-0.39, 0.29) is 0 Å². The second-order valence-electron chi connectivity index (χ2n) is 4.32. The van der Waals surface area contributed by atoms with Crippen LogP contribution in [0.15, 0.2) is 22.7 Å². The number of hydrogen-bond acceptors (Lipinski definition) is 2. The van der Waals surface area contributed by atoms with Crippen LogP contribution in [-0.2, 0) is 0 Å². The summed E-state index contributed by atoms with van der Waals surface area (Å²) in [5.41, 5.74) is 1.61. The standard InChI is InChI=1S/C14H19BrN2/c1-3-4-5-7-11(2)17-14-9-6-8-13(15)12(14)10-16/h6,8-9,11,17H,3-5,7H2,1-2H3. The monoisotopic (exact) mass is 294 g/mol. The Morgan fingerprint density at radius 3 is 2.82 bits per heavy atom. The van der Waals surface area contributed by atoms with Crippen LogP contribution in [0.5, 0.6) is 0 Å². The number of benzene rings is 1. The van der Waals surface area contributed by atoms with E-state index in [0.717, 1.165) is 16.6 Å². The van der Waals surface area contributed by atoms with Gasteiger partial charge in [-0.2, -0.15) is 5.26 Å². The minimum absolute atomic E-state index is 0.406. The van der Waals surface area contributed by atoms with Gasteiger partial charge in [0, 0.05) is 10.5 Å². The molecule has 0 bridgehead atoms. The van der Waals surface area contributed by atoms with Gasteiger partial charge in [-0.15, -0.1) is 0 Å². The van der Waals surface area contributed by atoms with Gasteiger partial charge in [0.1, 0.15) is 6.07 Å². The number of anilines is 1. The molecule has 0 heterocycles. The van der Waals surface area contributed by atoms with E-state index in [1.807, 2.05) is 18.2 Å². The van der Waals surface area contributed by atoms with E-state index in [1.54, 1.807) is 0 Å². The summed E-state index contributed by atoms with van der Waals surface area (Å²) in [7, 11) is 0. The molecule has 1 unspecified atom stereocenters. The number of unbranched alkanes of at least 4 members (excludes halogenated alkanes) is 2. The normalized spacial score (nSPS) is 11.9. The van der Waals surface area contributed by atoms with E-state index in [9.17, 15) is 0 Å². The first-order chi connectivity index (χ1) is 8.19. The lowest BCUT2D eigenvalue weighted by Gasteiger charge is -2.16. The summed E-state index contributed by atoms with van der Waals surface area (Å²) < 4.78 is 0.853. The van der Waals surface area contributed by atoms with Crippen molar-refractivity contribution in [3.8, 4) is 6.07 Å². The lowest BCUT2D eigenvalue weighted by atomic mass is 10.1. The molecular weight excluding hydrogens is 276 g/mol. The quantitative estimate of drug-likeness (QED) is 0.772. The van der Waals surface area contributed by atoms with Crippen LogP contribution >= 0.6 is 15.9 Å². The zero-order valence-corrected chi connectivity index (χ0v) is 12.0. The molecule has 0 spiro atoms. The van der Waals surface area contributed by atoms with Crippen LogP contribution in [0, 0.1) is 11.3 Å². The molecule has 1 aromatic carbocycles. The zero-order chi connectivity index (χ0) is 12.7. The SMILES string of the molecule is CCCCCC(C)Nc1cccc(Br)c1C#N. The van der Waals surface area contributed by atoms with Crippen molar-refractivity contribution in [3.63, 3.8) is 0 Å². The highest BCUT2D eigenvalue weighted by atomic mass is 79.9. The maximum atomic E-state index is 9.11. The van der Waals surface area contributed by atoms with E-state index in [1.165, 1.54) is 19.3 Å². The molecule has 0 radical (unpaired) electrons. The Morgan fingerprint density at radius 1 is 1.41 bits per heavy atom. The number of halogens is 1. The van der Waals surface area contributed by atoms with Crippen LogP contribution in [0.2, 0.25) is 0 Å². The van der Waals surface area contributed by atoms with Gasteiger partial charge in [-0.3, -0.25) is 0 Å². The fourth-order valence-corrected chi connectivity index (χ4v) is 2.25. The summed E-state index contributed by atoms with van der Waals surface area (Å²) in [6, 6.07) is 8.44. The van der Waals surface area contributed by atoms with Gasteiger partial charge in [-0.25, -0.2) is 0 Å². The molecule has 0 amide bonds. The van der Waals surface area contributed by atoms with Crippen LogP contribution in [-0.4, -0.2) is 6.04 Å². The Labute approximate surface area is 112 Å². The number of nitrogens with one attached hydrogen (secondary N) is 1. The van der Waals surface area contributed by atoms with Crippen LogP contribution in [0.3, 0.4) is 0 Å². The highest BCUT2D eigenvalue weighted by Gasteiger charge is 2.08. The molecule has 2 nitrogen and oxygen atoms in total. The largest absolute Gasteiger partial charge is 0.381 e. The van der Waals surface area contributed by atoms with E-state index >= 15 is 0 Å². The molecule has 0 saturated heterocycles. The lowest BCUT2D eigenvalue weighted by molar-refractivity contribution is 0.615. The molecule has 0 fully saturated rings. The van der Waals surface area contributed by atoms with E-state index in [0.29, 0.717) is 11.6 Å². The lowest BCUT2D eigenvalue weighted by Crippen LogP contribution is -2.15. The molecule has 0 saturated carbocycles. The molecule has 0 aromatic heterocycles. The third kappa shape index (κ3) is 4.40. The third-order valence-electron chi connectivity index (χ3n) is 2.77. The second kappa shape index (κ2) is 7.34. The van der Waals surface area contributed by atoms with Crippen LogP contribution in [0.4, 0.5) is 5.69 Å². The van der Waals surface area contributed by atoms with E-state index in [4.69, 9.17) is 5.26 Å². The smallest absolute Gasteiger partial charge is 0.103 e. The molecule has 1 rings (SSSR count).